The second kappa shape index (κ2) is 8.16. The summed E-state index contributed by atoms with van der Waals surface area (Å²) >= 11 is 0. The largest absolute Gasteiger partial charge is 0.508 e. The van der Waals surface area contributed by atoms with Crippen molar-refractivity contribution < 1.29 is 24.2 Å². The number of aromatic hydroxyl groups is 1. The summed E-state index contributed by atoms with van der Waals surface area (Å²) < 4.78 is 10.1. The highest BCUT2D eigenvalue weighted by atomic mass is 16.5. The van der Waals surface area contributed by atoms with E-state index in [1.54, 1.807) is 12.1 Å². The first kappa shape index (κ1) is 16.0. The van der Waals surface area contributed by atoms with Gasteiger partial charge in [-0.05, 0) is 18.6 Å². The molecule has 0 saturated heterocycles. The predicted octanol–water partition coefficient (Wildman–Crippen LogP) is 1.23. The number of phenolic OH excluding ortho intramolecular Hbond substituents is 1. The summed E-state index contributed by atoms with van der Waals surface area (Å²) in [6.45, 7) is 3.61. The molecule has 0 bridgehead atoms. The summed E-state index contributed by atoms with van der Waals surface area (Å²) in [5, 5.41) is 12.1. The van der Waals surface area contributed by atoms with E-state index in [1.807, 2.05) is 6.92 Å². The molecule has 0 aliphatic heterocycles. The van der Waals surface area contributed by atoms with Crippen LogP contribution in [0.1, 0.15) is 20.3 Å². The maximum absolute atomic E-state index is 11.5. The van der Waals surface area contributed by atoms with Crippen LogP contribution in [0.5, 0.6) is 11.5 Å². The molecule has 0 aromatic heterocycles. The highest BCUT2D eigenvalue weighted by Gasteiger charge is 2.11. The maximum atomic E-state index is 11.5. The highest BCUT2D eigenvalue weighted by molar-refractivity contribution is 5.74. The molecule has 1 rings (SSSR count). The van der Waals surface area contributed by atoms with Gasteiger partial charge in [0.1, 0.15) is 17.6 Å². The highest BCUT2D eigenvalue weighted by Crippen LogP contribution is 2.17. The minimum absolute atomic E-state index is 0.00653. The van der Waals surface area contributed by atoms with Crippen LogP contribution in [-0.4, -0.2) is 36.2 Å². The van der Waals surface area contributed by atoms with Gasteiger partial charge in [-0.25, -0.2) is 0 Å². The van der Waals surface area contributed by atoms with Crippen LogP contribution in [0, 0.1) is 0 Å². The average molecular weight is 281 g/mol. The Labute approximate surface area is 117 Å². The lowest BCUT2D eigenvalue weighted by atomic mass is 10.3. The third-order valence-corrected chi connectivity index (χ3v) is 2.48. The fraction of sp³-hybridized carbons (Fsp3) is 0.429. The van der Waals surface area contributed by atoms with E-state index in [4.69, 9.17) is 9.47 Å². The predicted molar refractivity (Wildman–Crippen MR) is 72.5 cm³/mol. The van der Waals surface area contributed by atoms with Crippen molar-refractivity contribution in [2.45, 2.75) is 26.4 Å². The molecule has 1 atom stereocenters. The second-order valence-electron chi connectivity index (χ2n) is 4.24. The quantitative estimate of drug-likeness (QED) is 0.577. The number of phenols is 1. The topological polar surface area (TPSA) is 84.9 Å². The number of esters is 2. The third-order valence-electron chi connectivity index (χ3n) is 2.48. The van der Waals surface area contributed by atoms with Gasteiger partial charge in [0.25, 0.3) is 0 Å². The molecule has 6 heteroatoms. The van der Waals surface area contributed by atoms with Gasteiger partial charge in [0, 0.05) is 19.5 Å². The van der Waals surface area contributed by atoms with Crippen molar-refractivity contribution >= 4 is 11.9 Å². The molecule has 2 N–H and O–H groups in total. The third kappa shape index (κ3) is 6.19. The van der Waals surface area contributed by atoms with E-state index in [1.165, 1.54) is 19.1 Å². The summed E-state index contributed by atoms with van der Waals surface area (Å²) in [4.78, 5) is 22.4. The molecule has 6 nitrogen and oxygen atoms in total. The molecule has 0 fully saturated rings. The van der Waals surface area contributed by atoms with Crippen LogP contribution in [0.2, 0.25) is 0 Å². The van der Waals surface area contributed by atoms with E-state index in [2.05, 4.69) is 5.32 Å². The van der Waals surface area contributed by atoms with E-state index in [-0.39, 0.29) is 30.1 Å². The van der Waals surface area contributed by atoms with Gasteiger partial charge in [-0.1, -0.05) is 13.0 Å². The van der Waals surface area contributed by atoms with E-state index < -0.39 is 5.97 Å². The van der Waals surface area contributed by atoms with E-state index >= 15 is 0 Å². The Bertz CT molecular complexity index is 461. The molecule has 0 spiro atoms. The summed E-state index contributed by atoms with van der Waals surface area (Å²) in [6, 6.07) is 6.00. The summed E-state index contributed by atoms with van der Waals surface area (Å²) in [6.07, 6.45) is 0.398. The molecule has 0 saturated carbocycles. The zero-order chi connectivity index (χ0) is 15.0. The van der Waals surface area contributed by atoms with Crippen molar-refractivity contribution in [1.82, 2.24) is 5.32 Å². The van der Waals surface area contributed by atoms with Crippen molar-refractivity contribution in [1.29, 1.82) is 0 Å². The van der Waals surface area contributed by atoms with Gasteiger partial charge in [0.2, 0.25) is 0 Å². The van der Waals surface area contributed by atoms with Crippen LogP contribution in [0.3, 0.4) is 0 Å². The minimum Gasteiger partial charge on any atom is -0.508 e. The van der Waals surface area contributed by atoms with Gasteiger partial charge in [0.05, 0.1) is 6.54 Å². The van der Waals surface area contributed by atoms with Gasteiger partial charge < -0.3 is 19.9 Å². The molecule has 110 valence electrons. The molecule has 1 aromatic carbocycles. The van der Waals surface area contributed by atoms with Crippen molar-refractivity contribution in [3.8, 4) is 11.5 Å². The summed E-state index contributed by atoms with van der Waals surface area (Å²) in [7, 11) is 0. The normalized spacial score (nSPS) is 11.7. The molecule has 0 aliphatic rings. The van der Waals surface area contributed by atoms with Gasteiger partial charge in [-0.2, -0.15) is 0 Å². The number of ether oxygens (including phenoxy) is 2. The number of hydrogen-bond donors (Lipinski definition) is 2. The Balaban J connectivity index is 2.31. The zero-order valence-electron chi connectivity index (χ0n) is 11.6. The molecule has 20 heavy (non-hydrogen) atoms. The molecule has 1 aromatic rings. The first-order valence-corrected chi connectivity index (χ1v) is 6.39. The van der Waals surface area contributed by atoms with Gasteiger partial charge >= 0.3 is 11.9 Å². The lowest BCUT2D eigenvalue weighted by Gasteiger charge is -2.15. The van der Waals surface area contributed by atoms with Crippen molar-refractivity contribution in [2.24, 2.45) is 0 Å². The van der Waals surface area contributed by atoms with Crippen LogP contribution in [0.15, 0.2) is 24.3 Å². The average Bonchev–Trinajstić information content (AvgIpc) is 2.37. The molecular weight excluding hydrogens is 262 g/mol. The van der Waals surface area contributed by atoms with Gasteiger partial charge in [0.15, 0.2) is 0 Å². The summed E-state index contributed by atoms with van der Waals surface area (Å²) in [5.74, 6) is -0.512. The number of hydrogen-bond acceptors (Lipinski definition) is 6. The first-order chi connectivity index (χ1) is 9.51. The fourth-order valence-electron chi connectivity index (χ4n) is 1.55. The van der Waals surface area contributed by atoms with Crippen molar-refractivity contribution in [3.63, 3.8) is 0 Å². The van der Waals surface area contributed by atoms with Crippen LogP contribution >= 0.6 is 0 Å². The number of benzene rings is 1. The Kier molecular flexibility index (Phi) is 6.52. The molecule has 0 heterocycles. The summed E-state index contributed by atoms with van der Waals surface area (Å²) in [5.41, 5.74) is 0. The Hall–Kier alpha value is -2.08. The van der Waals surface area contributed by atoms with Crippen molar-refractivity contribution in [3.05, 3.63) is 24.3 Å². The van der Waals surface area contributed by atoms with Crippen LogP contribution < -0.4 is 10.1 Å². The smallest absolute Gasteiger partial charge is 0.325 e. The van der Waals surface area contributed by atoms with Gasteiger partial charge in [-0.3, -0.25) is 9.59 Å². The molecule has 0 aliphatic carbocycles. The molecule has 0 radical (unpaired) electrons. The number of nitrogens with one attached hydrogen (secondary N) is 1. The fourth-order valence-corrected chi connectivity index (χ4v) is 1.55. The number of carbonyl (C=O) groups is 2. The first-order valence-electron chi connectivity index (χ1n) is 6.39. The minimum atomic E-state index is -0.478. The van der Waals surface area contributed by atoms with E-state index in [9.17, 15) is 14.7 Å². The lowest BCUT2D eigenvalue weighted by Crippen LogP contribution is -2.34. The monoisotopic (exact) mass is 281 g/mol. The molecule has 0 amide bonds. The standard InChI is InChI=1S/C14H19NO5/c1-3-12(19-10(2)16)8-15-9-14(18)20-13-6-4-5-11(17)7-13/h4-7,12,15,17H,3,8-9H2,1-2H3. The SMILES string of the molecule is CCC(CNCC(=O)Oc1cccc(O)c1)OC(C)=O. The van der Waals surface area contributed by atoms with E-state index in [0.29, 0.717) is 13.0 Å². The number of carbonyl (C=O) groups excluding carboxylic acids is 2. The van der Waals surface area contributed by atoms with Gasteiger partial charge in [-0.15, -0.1) is 0 Å². The Morgan fingerprint density at radius 2 is 2.15 bits per heavy atom. The van der Waals surface area contributed by atoms with E-state index in [0.717, 1.165) is 0 Å². The molecular formula is C14H19NO5. The molecule has 1 unspecified atom stereocenters. The Morgan fingerprint density at radius 3 is 2.75 bits per heavy atom. The van der Waals surface area contributed by atoms with Crippen LogP contribution in [0.25, 0.3) is 0 Å². The number of rotatable bonds is 7. The van der Waals surface area contributed by atoms with Crippen molar-refractivity contribution in [2.75, 3.05) is 13.1 Å². The Morgan fingerprint density at radius 1 is 1.40 bits per heavy atom. The maximum Gasteiger partial charge on any atom is 0.325 e. The second-order valence-corrected chi connectivity index (χ2v) is 4.24. The lowest BCUT2D eigenvalue weighted by molar-refractivity contribution is -0.146. The van der Waals surface area contributed by atoms with Crippen LogP contribution in [0.4, 0.5) is 0 Å². The zero-order valence-corrected chi connectivity index (χ0v) is 11.6. The van der Waals surface area contributed by atoms with Crippen LogP contribution in [-0.2, 0) is 14.3 Å².